The maximum atomic E-state index is 6.00. The second kappa shape index (κ2) is 8.43. The molecule has 0 heterocycles. The van der Waals surface area contributed by atoms with Gasteiger partial charge in [0.15, 0.2) is 0 Å². The van der Waals surface area contributed by atoms with Crippen LogP contribution in [0.4, 0.5) is 0 Å². The molecule has 0 spiro atoms. The molecular formula is C32H23Cl. The second-order valence-corrected chi connectivity index (χ2v) is 9.28. The molecule has 0 radical (unpaired) electrons. The van der Waals surface area contributed by atoms with Gasteiger partial charge in [-0.25, -0.2) is 0 Å². The van der Waals surface area contributed by atoms with Crippen LogP contribution < -0.4 is 0 Å². The summed E-state index contributed by atoms with van der Waals surface area (Å²) in [5.74, 6) is 7.09. The smallest absolute Gasteiger partial charge is 0.0406 e. The highest BCUT2D eigenvalue weighted by atomic mass is 35.5. The predicted octanol–water partition coefficient (Wildman–Crippen LogP) is 8.51. The second-order valence-electron chi connectivity index (χ2n) is 8.84. The van der Waals surface area contributed by atoms with E-state index in [1.807, 2.05) is 24.3 Å². The number of fused-ring (bicyclic) bond motifs is 5. The van der Waals surface area contributed by atoms with Crippen LogP contribution in [0.3, 0.4) is 0 Å². The van der Waals surface area contributed by atoms with Crippen molar-refractivity contribution in [2.24, 2.45) is 0 Å². The van der Waals surface area contributed by atoms with Gasteiger partial charge < -0.3 is 0 Å². The van der Waals surface area contributed by atoms with Gasteiger partial charge in [0.1, 0.15) is 0 Å². The topological polar surface area (TPSA) is 0 Å². The molecule has 158 valence electrons. The van der Waals surface area contributed by atoms with Crippen molar-refractivity contribution in [1.29, 1.82) is 0 Å². The van der Waals surface area contributed by atoms with E-state index in [0.717, 1.165) is 22.6 Å². The van der Waals surface area contributed by atoms with E-state index >= 15 is 0 Å². The number of aryl methyl sites for hydroxylation is 1. The van der Waals surface area contributed by atoms with Crippen molar-refractivity contribution in [3.8, 4) is 11.8 Å². The summed E-state index contributed by atoms with van der Waals surface area (Å²) in [6.07, 6.45) is 3.61. The average Bonchev–Trinajstić information content (AvgIpc) is 2.88. The molecule has 0 aromatic heterocycles. The summed E-state index contributed by atoms with van der Waals surface area (Å²) in [4.78, 5) is 0. The van der Waals surface area contributed by atoms with Gasteiger partial charge in [0.05, 0.1) is 0 Å². The van der Waals surface area contributed by atoms with Gasteiger partial charge in [0.25, 0.3) is 0 Å². The highest BCUT2D eigenvalue weighted by Crippen LogP contribution is 2.41. The molecule has 0 aliphatic heterocycles. The van der Waals surface area contributed by atoms with Gasteiger partial charge in [-0.3, -0.25) is 0 Å². The molecule has 5 aromatic carbocycles. The number of halogens is 1. The number of hydrogen-bond acceptors (Lipinski definition) is 0. The van der Waals surface area contributed by atoms with Crippen LogP contribution in [0.2, 0.25) is 5.02 Å². The summed E-state index contributed by atoms with van der Waals surface area (Å²) in [5, 5.41) is 5.99. The molecule has 1 aliphatic rings. The molecule has 1 atom stereocenters. The maximum Gasteiger partial charge on any atom is 0.0406 e. The normalized spacial score (nSPS) is 15.1. The molecule has 0 nitrogen and oxygen atoms in total. The molecule has 0 fully saturated rings. The van der Waals surface area contributed by atoms with Crippen molar-refractivity contribution >= 4 is 33.1 Å². The molecule has 0 saturated carbocycles. The fourth-order valence-electron chi connectivity index (χ4n) is 5.25. The molecule has 33 heavy (non-hydrogen) atoms. The zero-order chi connectivity index (χ0) is 22.2. The van der Waals surface area contributed by atoms with Gasteiger partial charge >= 0.3 is 0 Å². The Balaban J connectivity index is 1.46. The van der Waals surface area contributed by atoms with Crippen LogP contribution in [0.25, 0.3) is 21.5 Å². The van der Waals surface area contributed by atoms with Crippen LogP contribution in [0, 0.1) is 11.8 Å². The lowest BCUT2D eigenvalue weighted by Gasteiger charge is -2.27. The van der Waals surface area contributed by atoms with Crippen LogP contribution in [0.1, 0.15) is 46.6 Å². The van der Waals surface area contributed by atoms with Crippen molar-refractivity contribution in [1.82, 2.24) is 0 Å². The highest BCUT2D eigenvalue weighted by Gasteiger charge is 2.23. The third-order valence-electron chi connectivity index (χ3n) is 6.86. The Kier molecular flexibility index (Phi) is 5.14. The van der Waals surface area contributed by atoms with E-state index in [9.17, 15) is 0 Å². The Labute approximate surface area is 199 Å². The van der Waals surface area contributed by atoms with Crippen molar-refractivity contribution in [3.05, 3.63) is 130 Å². The molecule has 1 unspecified atom stereocenters. The Morgan fingerprint density at radius 3 is 2.24 bits per heavy atom. The van der Waals surface area contributed by atoms with Crippen LogP contribution in [0.5, 0.6) is 0 Å². The van der Waals surface area contributed by atoms with Gasteiger partial charge in [-0.15, -0.1) is 0 Å². The van der Waals surface area contributed by atoms with E-state index in [4.69, 9.17) is 11.6 Å². The molecule has 0 saturated heterocycles. The van der Waals surface area contributed by atoms with Crippen molar-refractivity contribution < 1.29 is 0 Å². The highest BCUT2D eigenvalue weighted by molar-refractivity contribution is 6.30. The first kappa shape index (κ1) is 20.1. The molecular weight excluding hydrogens is 420 g/mol. The van der Waals surface area contributed by atoms with E-state index in [1.165, 1.54) is 51.1 Å². The van der Waals surface area contributed by atoms with E-state index in [2.05, 4.69) is 84.6 Å². The van der Waals surface area contributed by atoms with E-state index < -0.39 is 0 Å². The van der Waals surface area contributed by atoms with Gasteiger partial charge in [0.2, 0.25) is 0 Å². The Morgan fingerprint density at radius 2 is 1.39 bits per heavy atom. The third-order valence-corrected chi connectivity index (χ3v) is 7.11. The summed E-state index contributed by atoms with van der Waals surface area (Å²) < 4.78 is 0. The van der Waals surface area contributed by atoms with Crippen molar-refractivity contribution in [2.45, 2.75) is 25.2 Å². The van der Waals surface area contributed by atoms with E-state index in [0.29, 0.717) is 5.92 Å². The largest absolute Gasteiger partial charge is 0.0843 e. The van der Waals surface area contributed by atoms with Gasteiger partial charge in [-0.05, 0) is 93.9 Å². The molecule has 6 rings (SSSR count). The molecule has 1 heteroatoms. The lowest BCUT2D eigenvalue weighted by atomic mass is 9.77. The lowest BCUT2D eigenvalue weighted by Crippen LogP contribution is -2.11. The number of rotatable bonds is 1. The molecule has 1 aliphatic carbocycles. The number of hydrogen-bond donors (Lipinski definition) is 0. The van der Waals surface area contributed by atoms with Crippen LogP contribution in [0.15, 0.2) is 97.1 Å². The monoisotopic (exact) mass is 442 g/mol. The first-order valence-corrected chi connectivity index (χ1v) is 11.9. The quantitative estimate of drug-likeness (QED) is 0.180. The summed E-state index contributed by atoms with van der Waals surface area (Å²) >= 11 is 6.00. The predicted molar refractivity (Wildman–Crippen MR) is 140 cm³/mol. The zero-order valence-electron chi connectivity index (χ0n) is 18.3. The van der Waals surface area contributed by atoms with Crippen LogP contribution in [-0.4, -0.2) is 0 Å². The Hall–Kier alpha value is -3.53. The van der Waals surface area contributed by atoms with E-state index in [1.54, 1.807) is 0 Å². The molecule has 5 aromatic rings. The maximum absolute atomic E-state index is 6.00. The lowest BCUT2D eigenvalue weighted by molar-refractivity contribution is 0.619. The summed E-state index contributed by atoms with van der Waals surface area (Å²) in [6, 6.07) is 34.5. The first-order chi connectivity index (χ1) is 16.3. The minimum absolute atomic E-state index is 0.492. The fourth-order valence-corrected chi connectivity index (χ4v) is 5.37. The average molecular weight is 443 g/mol. The van der Waals surface area contributed by atoms with Gasteiger partial charge in [-0.2, -0.15) is 0 Å². The van der Waals surface area contributed by atoms with E-state index in [-0.39, 0.29) is 0 Å². The SMILES string of the molecule is Clc1ccc(C#Cc2ccc3ccc4c5c(ccc4c3c2)C(c2ccccc2)CCC5)cc1. The minimum atomic E-state index is 0.492. The Bertz CT molecular complexity index is 1530. The summed E-state index contributed by atoms with van der Waals surface area (Å²) in [6.45, 7) is 0. The zero-order valence-corrected chi connectivity index (χ0v) is 19.1. The molecule has 0 N–H and O–H groups in total. The Morgan fingerprint density at radius 1 is 0.667 bits per heavy atom. The fraction of sp³-hybridized carbons (Fsp3) is 0.125. The molecule has 0 bridgehead atoms. The minimum Gasteiger partial charge on any atom is -0.0843 e. The summed E-state index contributed by atoms with van der Waals surface area (Å²) in [7, 11) is 0. The number of benzene rings is 5. The standard InChI is InChI=1S/C32H23Cl/c33-26-16-12-22(13-17-26)9-10-23-11-14-25-15-18-30-28-8-4-7-27(24-5-2-1-3-6-24)29(28)19-20-31(30)32(25)21-23/h1-3,5-6,11-21,27H,4,7-8H2. The summed E-state index contributed by atoms with van der Waals surface area (Å²) in [5.41, 5.74) is 6.45. The van der Waals surface area contributed by atoms with Crippen molar-refractivity contribution in [2.75, 3.05) is 0 Å². The van der Waals surface area contributed by atoms with Gasteiger partial charge in [-0.1, -0.05) is 84.1 Å². The van der Waals surface area contributed by atoms with Gasteiger partial charge in [0, 0.05) is 22.1 Å². The van der Waals surface area contributed by atoms with Crippen molar-refractivity contribution in [3.63, 3.8) is 0 Å². The van der Waals surface area contributed by atoms with Crippen LogP contribution in [-0.2, 0) is 6.42 Å². The third kappa shape index (κ3) is 3.80. The first-order valence-electron chi connectivity index (χ1n) is 11.6. The molecule has 0 amide bonds. The van der Waals surface area contributed by atoms with Crippen LogP contribution >= 0.6 is 11.6 Å².